The maximum absolute atomic E-state index is 11.7. The van der Waals surface area contributed by atoms with E-state index < -0.39 is 18.0 Å². The molecular formula is C14H16ClNO5. The quantitative estimate of drug-likeness (QED) is 0.488. The molecule has 0 saturated carbocycles. The summed E-state index contributed by atoms with van der Waals surface area (Å²) < 4.78 is 9.60. The van der Waals surface area contributed by atoms with Crippen LogP contribution in [0.5, 0.6) is 5.75 Å². The molecule has 0 spiro atoms. The van der Waals surface area contributed by atoms with E-state index in [1.54, 1.807) is 24.3 Å². The third-order valence-electron chi connectivity index (χ3n) is 2.48. The van der Waals surface area contributed by atoms with Crippen LogP contribution in [0.25, 0.3) is 0 Å². The van der Waals surface area contributed by atoms with Gasteiger partial charge in [0.25, 0.3) is 0 Å². The van der Waals surface area contributed by atoms with Crippen LogP contribution in [0.2, 0.25) is 0 Å². The molecule has 1 amide bonds. The fourth-order valence-corrected chi connectivity index (χ4v) is 1.80. The van der Waals surface area contributed by atoms with Gasteiger partial charge in [-0.15, -0.1) is 0 Å². The van der Waals surface area contributed by atoms with Crippen LogP contribution in [0.4, 0.5) is 0 Å². The Balaban J connectivity index is 2.75. The second-order valence-electron chi connectivity index (χ2n) is 4.27. The van der Waals surface area contributed by atoms with Gasteiger partial charge in [-0.3, -0.25) is 9.59 Å². The van der Waals surface area contributed by atoms with Crippen molar-refractivity contribution in [1.82, 2.24) is 5.32 Å². The number of benzene rings is 1. The SMILES string of the molecule is CC(=O)NC(Cc1ccc(OC(C)=O)cc1)C(=O)OCCl. The van der Waals surface area contributed by atoms with Crippen LogP contribution >= 0.6 is 11.6 Å². The van der Waals surface area contributed by atoms with E-state index >= 15 is 0 Å². The van der Waals surface area contributed by atoms with Crippen LogP contribution in [0.15, 0.2) is 24.3 Å². The average Bonchev–Trinajstić information content (AvgIpc) is 2.39. The molecule has 0 aromatic heterocycles. The minimum Gasteiger partial charge on any atom is -0.448 e. The Morgan fingerprint density at radius 1 is 1.19 bits per heavy atom. The standard InChI is InChI=1S/C14H16ClNO5/c1-9(17)16-13(14(19)20-8-15)7-11-3-5-12(6-4-11)21-10(2)18/h3-6,13H,7-8H2,1-2H3,(H,16,17). The molecule has 1 unspecified atom stereocenters. The number of amides is 1. The van der Waals surface area contributed by atoms with Crippen LogP contribution in [0.3, 0.4) is 0 Å². The Hall–Kier alpha value is -2.08. The van der Waals surface area contributed by atoms with Gasteiger partial charge in [-0.2, -0.15) is 0 Å². The maximum atomic E-state index is 11.7. The van der Waals surface area contributed by atoms with Crippen LogP contribution in [-0.2, 0) is 25.5 Å². The molecule has 1 aromatic rings. The molecule has 6 nitrogen and oxygen atoms in total. The van der Waals surface area contributed by atoms with E-state index in [9.17, 15) is 14.4 Å². The maximum Gasteiger partial charge on any atom is 0.330 e. The third-order valence-corrected chi connectivity index (χ3v) is 2.59. The number of carbonyl (C=O) groups is 3. The van der Waals surface area contributed by atoms with Crippen LogP contribution in [0, 0.1) is 0 Å². The summed E-state index contributed by atoms with van der Waals surface area (Å²) in [4.78, 5) is 33.6. The van der Waals surface area contributed by atoms with Crippen molar-refractivity contribution in [3.63, 3.8) is 0 Å². The van der Waals surface area contributed by atoms with Crippen molar-refractivity contribution in [2.75, 3.05) is 6.07 Å². The van der Waals surface area contributed by atoms with Gasteiger partial charge >= 0.3 is 11.9 Å². The molecule has 1 aromatic carbocycles. The highest BCUT2D eigenvalue weighted by atomic mass is 35.5. The fraction of sp³-hybridized carbons (Fsp3) is 0.357. The summed E-state index contributed by atoms with van der Waals surface area (Å²) in [6, 6.07) is 5.51. The zero-order valence-corrected chi connectivity index (χ0v) is 12.5. The molecule has 0 heterocycles. The molecule has 0 radical (unpaired) electrons. The molecule has 1 N–H and O–H groups in total. The number of esters is 2. The van der Waals surface area contributed by atoms with Crippen molar-refractivity contribution < 1.29 is 23.9 Å². The highest BCUT2D eigenvalue weighted by molar-refractivity contribution is 6.17. The molecule has 0 aliphatic heterocycles. The molecule has 7 heteroatoms. The zero-order chi connectivity index (χ0) is 15.8. The van der Waals surface area contributed by atoms with E-state index in [0.29, 0.717) is 5.75 Å². The monoisotopic (exact) mass is 313 g/mol. The number of alkyl halides is 1. The van der Waals surface area contributed by atoms with E-state index in [1.807, 2.05) is 0 Å². The number of nitrogens with one attached hydrogen (secondary N) is 1. The van der Waals surface area contributed by atoms with Gasteiger partial charge in [0.1, 0.15) is 11.8 Å². The predicted octanol–water partition coefficient (Wildman–Crippen LogP) is 1.40. The Labute approximate surface area is 127 Å². The number of ether oxygens (including phenoxy) is 2. The predicted molar refractivity (Wildman–Crippen MR) is 75.9 cm³/mol. The summed E-state index contributed by atoms with van der Waals surface area (Å²) in [6.45, 7) is 2.62. The molecule has 1 rings (SSSR count). The first-order valence-electron chi connectivity index (χ1n) is 6.19. The summed E-state index contributed by atoms with van der Waals surface area (Å²) >= 11 is 5.34. The summed E-state index contributed by atoms with van der Waals surface area (Å²) in [7, 11) is 0. The fourth-order valence-electron chi connectivity index (χ4n) is 1.69. The van der Waals surface area contributed by atoms with E-state index in [1.165, 1.54) is 13.8 Å². The summed E-state index contributed by atoms with van der Waals surface area (Å²) in [5.74, 6) is -0.956. The lowest BCUT2D eigenvalue weighted by Gasteiger charge is -2.16. The molecule has 0 saturated heterocycles. The number of halogens is 1. The first kappa shape index (κ1) is 17.0. The van der Waals surface area contributed by atoms with Crippen molar-refractivity contribution in [1.29, 1.82) is 0 Å². The highest BCUT2D eigenvalue weighted by Gasteiger charge is 2.21. The molecule has 1 atom stereocenters. The van der Waals surface area contributed by atoms with Gasteiger partial charge in [0.15, 0.2) is 6.07 Å². The number of carbonyl (C=O) groups excluding carboxylic acids is 3. The van der Waals surface area contributed by atoms with E-state index in [-0.39, 0.29) is 18.4 Å². The van der Waals surface area contributed by atoms with Crippen molar-refractivity contribution >= 4 is 29.4 Å². The molecular weight excluding hydrogens is 298 g/mol. The molecule has 114 valence electrons. The van der Waals surface area contributed by atoms with E-state index in [4.69, 9.17) is 21.1 Å². The van der Waals surface area contributed by atoms with Gasteiger partial charge in [-0.1, -0.05) is 23.7 Å². The third kappa shape index (κ3) is 6.27. The van der Waals surface area contributed by atoms with E-state index in [0.717, 1.165) is 5.56 Å². The summed E-state index contributed by atoms with van der Waals surface area (Å²) in [5, 5.41) is 2.50. The first-order valence-corrected chi connectivity index (χ1v) is 6.73. The van der Waals surface area contributed by atoms with Gasteiger partial charge in [-0.25, -0.2) is 4.79 Å². The molecule has 0 aliphatic carbocycles. The minimum atomic E-state index is -0.819. The second kappa shape index (κ2) is 8.26. The normalized spacial score (nSPS) is 11.4. The van der Waals surface area contributed by atoms with Crippen molar-refractivity contribution in [3.8, 4) is 5.75 Å². The van der Waals surface area contributed by atoms with Crippen molar-refractivity contribution in [2.45, 2.75) is 26.3 Å². The summed E-state index contributed by atoms with van der Waals surface area (Å²) in [6.07, 6.45) is 0.246. The topological polar surface area (TPSA) is 81.7 Å². The van der Waals surface area contributed by atoms with Gasteiger partial charge in [0.05, 0.1) is 0 Å². The van der Waals surface area contributed by atoms with Crippen LogP contribution < -0.4 is 10.1 Å². The number of rotatable bonds is 6. The highest BCUT2D eigenvalue weighted by Crippen LogP contribution is 2.14. The lowest BCUT2D eigenvalue weighted by atomic mass is 10.1. The van der Waals surface area contributed by atoms with Gasteiger partial charge in [0.2, 0.25) is 5.91 Å². The Kier molecular flexibility index (Phi) is 6.68. The van der Waals surface area contributed by atoms with Gasteiger partial charge in [-0.05, 0) is 17.7 Å². The first-order chi connectivity index (χ1) is 9.92. The molecule has 0 bridgehead atoms. The molecule has 0 fully saturated rings. The minimum absolute atomic E-state index is 0.246. The second-order valence-corrected chi connectivity index (χ2v) is 4.49. The smallest absolute Gasteiger partial charge is 0.330 e. The van der Waals surface area contributed by atoms with Crippen LogP contribution in [0.1, 0.15) is 19.4 Å². The number of hydrogen-bond acceptors (Lipinski definition) is 5. The van der Waals surface area contributed by atoms with Gasteiger partial charge < -0.3 is 14.8 Å². The Morgan fingerprint density at radius 3 is 2.29 bits per heavy atom. The Morgan fingerprint density at radius 2 is 1.81 bits per heavy atom. The molecule has 21 heavy (non-hydrogen) atoms. The zero-order valence-electron chi connectivity index (χ0n) is 11.7. The van der Waals surface area contributed by atoms with Gasteiger partial charge in [0, 0.05) is 20.3 Å². The number of hydrogen-bond donors (Lipinski definition) is 1. The van der Waals surface area contributed by atoms with Crippen molar-refractivity contribution in [3.05, 3.63) is 29.8 Å². The van der Waals surface area contributed by atoms with Crippen molar-refractivity contribution in [2.24, 2.45) is 0 Å². The lowest BCUT2D eigenvalue weighted by Crippen LogP contribution is -2.42. The average molecular weight is 314 g/mol. The molecule has 0 aliphatic rings. The summed E-state index contributed by atoms with van der Waals surface area (Å²) in [5.41, 5.74) is 0.774. The van der Waals surface area contributed by atoms with Crippen LogP contribution in [-0.4, -0.2) is 30.0 Å². The lowest BCUT2D eigenvalue weighted by molar-refractivity contribution is -0.145. The Bertz CT molecular complexity index is 515. The largest absolute Gasteiger partial charge is 0.448 e. The van der Waals surface area contributed by atoms with E-state index in [2.05, 4.69) is 5.32 Å².